The van der Waals surface area contributed by atoms with Crippen molar-refractivity contribution in [2.45, 2.75) is 32.7 Å². The fourth-order valence-corrected chi connectivity index (χ4v) is 2.16. The van der Waals surface area contributed by atoms with Gasteiger partial charge in [-0.1, -0.05) is 13.3 Å². The second-order valence-corrected chi connectivity index (χ2v) is 4.36. The first-order valence-electron chi connectivity index (χ1n) is 5.67. The molecule has 1 unspecified atom stereocenters. The Hall–Kier alpha value is -1.19. The molecule has 2 heterocycles. The summed E-state index contributed by atoms with van der Waals surface area (Å²) >= 11 is 0. The van der Waals surface area contributed by atoms with Crippen LogP contribution in [0.4, 0.5) is 11.5 Å². The van der Waals surface area contributed by atoms with Gasteiger partial charge in [-0.25, -0.2) is 0 Å². The van der Waals surface area contributed by atoms with Crippen LogP contribution >= 0.6 is 0 Å². The van der Waals surface area contributed by atoms with Gasteiger partial charge < -0.3 is 10.2 Å². The summed E-state index contributed by atoms with van der Waals surface area (Å²) in [6.07, 6.45) is 2.20. The molecule has 2 rings (SSSR count). The van der Waals surface area contributed by atoms with Crippen LogP contribution in [0.3, 0.4) is 0 Å². The molecule has 1 aromatic rings. The van der Waals surface area contributed by atoms with Gasteiger partial charge in [0.05, 0.1) is 5.69 Å². The van der Waals surface area contributed by atoms with Crippen molar-refractivity contribution in [2.24, 2.45) is 7.05 Å². The Kier molecular flexibility index (Phi) is 2.59. The molecule has 4 heteroatoms. The van der Waals surface area contributed by atoms with Crippen molar-refractivity contribution in [3.63, 3.8) is 0 Å². The molecule has 84 valence electrons. The minimum atomic E-state index is 0.530. The van der Waals surface area contributed by atoms with Crippen LogP contribution in [0.5, 0.6) is 0 Å². The molecule has 0 fully saturated rings. The highest BCUT2D eigenvalue weighted by molar-refractivity contribution is 5.71. The molecule has 0 amide bonds. The third kappa shape index (κ3) is 1.58. The highest BCUT2D eigenvalue weighted by atomic mass is 15.4. The number of rotatable bonds is 2. The molecular formula is C11H20N4. The normalized spacial score (nSPS) is 20.0. The summed E-state index contributed by atoms with van der Waals surface area (Å²) in [4.78, 5) is 2.30. The van der Waals surface area contributed by atoms with Gasteiger partial charge in [0, 0.05) is 26.7 Å². The van der Waals surface area contributed by atoms with Crippen molar-refractivity contribution in [1.29, 1.82) is 0 Å². The van der Waals surface area contributed by atoms with Crippen molar-refractivity contribution in [2.75, 3.05) is 23.8 Å². The first kappa shape index (κ1) is 10.3. The van der Waals surface area contributed by atoms with Gasteiger partial charge in [0.15, 0.2) is 5.82 Å². The lowest BCUT2D eigenvalue weighted by molar-refractivity contribution is 0.651. The maximum Gasteiger partial charge on any atom is 0.150 e. The molecule has 0 bridgehead atoms. The van der Waals surface area contributed by atoms with Gasteiger partial charge >= 0.3 is 0 Å². The third-order valence-corrected chi connectivity index (χ3v) is 3.15. The molecule has 1 atom stereocenters. The maximum atomic E-state index is 4.58. The summed E-state index contributed by atoms with van der Waals surface area (Å²) in [6.45, 7) is 5.42. The van der Waals surface area contributed by atoms with Crippen molar-refractivity contribution in [3.05, 3.63) is 5.69 Å². The number of hydrogen-bond acceptors (Lipinski definition) is 3. The molecule has 0 saturated carbocycles. The molecule has 0 aliphatic carbocycles. The van der Waals surface area contributed by atoms with Crippen LogP contribution in [-0.4, -0.2) is 29.4 Å². The van der Waals surface area contributed by atoms with Gasteiger partial charge in [-0.3, -0.25) is 4.68 Å². The second kappa shape index (κ2) is 3.76. The zero-order valence-corrected chi connectivity index (χ0v) is 10.0. The van der Waals surface area contributed by atoms with Gasteiger partial charge in [0.2, 0.25) is 0 Å². The van der Waals surface area contributed by atoms with E-state index in [1.807, 2.05) is 11.7 Å². The van der Waals surface area contributed by atoms with E-state index in [0.29, 0.717) is 6.04 Å². The van der Waals surface area contributed by atoms with E-state index in [4.69, 9.17) is 0 Å². The Morgan fingerprint density at radius 3 is 2.87 bits per heavy atom. The molecule has 0 spiro atoms. The highest BCUT2D eigenvalue weighted by Gasteiger charge is 2.26. The standard InChI is InChI=1S/C11H20N4/c1-5-6-9-10-11(15(4)13-9)14(3)8(2)7-12-10/h8,12H,5-7H2,1-4H3. The van der Waals surface area contributed by atoms with E-state index >= 15 is 0 Å². The number of fused-ring (bicyclic) bond motifs is 1. The largest absolute Gasteiger partial charge is 0.378 e. The molecule has 1 aliphatic rings. The van der Waals surface area contributed by atoms with Crippen LogP contribution in [-0.2, 0) is 13.5 Å². The quantitative estimate of drug-likeness (QED) is 0.801. The monoisotopic (exact) mass is 208 g/mol. The predicted octanol–water partition coefficient (Wildman–Crippen LogP) is 1.62. The van der Waals surface area contributed by atoms with E-state index in [1.54, 1.807) is 0 Å². The van der Waals surface area contributed by atoms with Crippen LogP contribution in [0.1, 0.15) is 26.0 Å². The van der Waals surface area contributed by atoms with Crippen molar-refractivity contribution in [1.82, 2.24) is 9.78 Å². The van der Waals surface area contributed by atoms with Gasteiger partial charge in [-0.15, -0.1) is 0 Å². The Morgan fingerprint density at radius 1 is 1.47 bits per heavy atom. The number of aryl methyl sites for hydroxylation is 2. The lowest BCUT2D eigenvalue weighted by atomic mass is 10.1. The average molecular weight is 208 g/mol. The number of aromatic nitrogens is 2. The van der Waals surface area contributed by atoms with E-state index in [0.717, 1.165) is 19.4 Å². The Labute approximate surface area is 91.3 Å². The summed E-state index contributed by atoms with van der Waals surface area (Å²) in [5, 5.41) is 8.07. The molecule has 4 nitrogen and oxygen atoms in total. The van der Waals surface area contributed by atoms with E-state index in [9.17, 15) is 0 Å². The zero-order valence-electron chi connectivity index (χ0n) is 10.0. The fourth-order valence-electron chi connectivity index (χ4n) is 2.16. The van der Waals surface area contributed by atoms with Crippen molar-refractivity contribution in [3.8, 4) is 0 Å². The highest BCUT2D eigenvalue weighted by Crippen LogP contribution is 2.33. The molecule has 1 aromatic heterocycles. The maximum absolute atomic E-state index is 4.58. The topological polar surface area (TPSA) is 33.1 Å². The van der Waals surface area contributed by atoms with Gasteiger partial charge in [-0.2, -0.15) is 5.10 Å². The van der Waals surface area contributed by atoms with Gasteiger partial charge in [0.1, 0.15) is 5.69 Å². The van der Waals surface area contributed by atoms with Crippen LogP contribution < -0.4 is 10.2 Å². The minimum Gasteiger partial charge on any atom is -0.378 e. The van der Waals surface area contributed by atoms with Gasteiger partial charge in [0.25, 0.3) is 0 Å². The zero-order chi connectivity index (χ0) is 11.0. The van der Waals surface area contributed by atoms with Crippen molar-refractivity contribution >= 4 is 11.5 Å². The van der Waals surface area contributed by atoms with E-state index in [-0.39, 0.29) is 0 Å². The van der Waals surface area contributed by atoms with Crippen LogP contribution in [0.2, 0.25) is 0 Å². The van der Waals surface area contributed by atoms with E-state index in [2.05, 4.69) is 36.2 Å². The van der Waals surface area contributed by atoms with Crippen LogP contribution in [0, 0.1) is 0 Å². The molecule has 1 aliphatic heterocycles. The van der Waals surface area contributed by atoms with Crippen molar-refractivity contribution < 1.29 is 0 Å². The summed E-state index contributed by atoms with van der Waals surface area (Å²) in [7, 11) is 4.16. The Morgan fingerprint density at radius 2 is 2.20 bits per heavy atom. The first-order valence-corrected chi connectivity index (χ1v) is 5.67. The SMILES string of the molecule is CCCc1nn(C)c2c1NCC(C)N2C. The average Bonchev–Trinajstić information content (AvgIpc) is 2.51. The minimum absolute atomic E-state index is 0.530. The lowest BCUT2D eigenvalue weighted by Crippen LogP contribution is -2.40. The number of anilines is 2. The van der Waals surface area contributed by atoms with Crippen LogP contribution in [0.25, 0.3) is 0 Å². The summed E-state index contributed by atoms with van der Waals surface area (Å²) in [5.41, 5.74) is 2.44. The molecule has 0 saturated heterocycles. The molecule has 15 heavy (non-hydrogen) atoms. The summed E-state index contributed by atoms with van der Waals surface area (Å²) in [5.74, 6) is 1.22. The smallest absolute Gasteiger partial charge is 0.150 e. The van der Waals surface area contributed by atoms with E-state index < -0.39 is 0 Å². The third-order valence-electron chi connectivity index (χ3n) is 3.15. The van der Waals surface area contributed by atoms with E-state index in [1.165, 1.54) is 17.2 Å². The molecule has 0 aromatic carbocycles. The first-order chi connectivity index (χ1) is 7.15. The lowest BCUT2D eigenvalue weighted by Gasteiger charge is -2.33. The van der Waals surface area contributed by atoms with Gasteiger partial charge in [-0.05, 0) is 13.3 Å². The summed E-state index contributed by atoms with van der Waals surface area (Å²) in [6, 6.07) is 0.530. The number of nitrogens with one attached hydrogen (secondary N) is 1. The summed E-state index contributed by atoms with van der Waals surface area (Å²) < 4.78 is 1.99. The Balaban J connectivity index is 2.41. The number of likely N-dealkylation sites (N-methyl/N-ethyl adjacent to an activating group) is 1. The molecule has 1 N–H and O–H groups in total. The molecule has 0 radical (unpaired) electrons. The Bertz CT molecular complexity index is 356. The predicted molar refractivity (Wildman–Crippen MR) is 63.6 cm³/mol. The van der Waals surface area contributed by atoms with Crippen LogP contribution in [0.15, 0.2) is 0 Å². The molecular weight excluding hydrogens is 188 g/mol. The fraction of sp³-hybridized carbons (Fsp3) is 0.727. The second-order valence-electron chi connectivity index (χ2n) is 4.36. The number of nitrogens with zero attached hydrogens (tertiary/aromatic N) is 3. The number of hydrogen-bond donors (Lipinski definition) is 1.